The SMILES string of the molecule is COc1cc(-c2cc(Cl)ccc2Cl)cc(C=C2SC(=S)NC2=O)c1OCC(=O)O. The molecule has 29 heavy (non-hydrogen) atoms. The average molecular weight is 470 g/mol. The molecule has 10 heteroatoms. The van der Waals surface area contributed by atoms with Gasteiger partial charge in [0.15, 0.2) is 18.1 Å². The first-order valence-corrected chi connectivity index (χ1v) is 10.0. The summed E-state index contributed by atoms with van der Waals surface area (Å²) in [6.07, 6.45) is 1.56. The fourth-order valence-electron chi connectivity index (χ4n) is 2.61. The van der Waals surface area contributed by atoms with Crippen LogP contribution < -0.4 is 14.8 Å². The van der Waals surface area contributed by atoms with Gasteiger partial charge in [0.25, 0.3) is 5.91 Å². The standard InChI is InChI=1S/C19H13Cl2NO5S2/c1-26-14-5-9(12-7-11(20)2-3-13(12)21)4-10(17(14)27-8-16(23)24)6-15-18(25)22-19(28)29-15/h2-7H,8H2,1H3,(H,23,24)(H,22,25,28). The lowest BCUT2D eigenvalue weighted by molar-refractivity contribution is -0.139. The van der Waals surface area contributed by atoms with Crippen LogP contribution in [0.5, 0.6) is 11.5 Å². The van der Waals surface area contributed by atoms with Gasteiger partial charge >= 0.3 is 5.97 Å². The van der Waals surface area contributed by atoms with Crippen molar-refractivity contribution in [3.05, 3.63) is 50.8 Å². The van der Waals surface area contributed by atoms with E-state index in [0.717, 1.165) is 11.8 Å². The van der Waals surface area contributed by atoms with Crippen LogP contribution in [0.25, 0.3) is 17.2 Å². The maximum absolute atomic E-state index is 12.1. The van der Waals surface area contributed by atoms with E-state index in [4.69, 9.17) is 50.0 Å². The smallest absolute Gasteiger partial charge is 0.341 e. The number of hydrogen-bond donors (Lipinski definition) is 2. The van der Waals surface area contributed by atoms with Crippen LogP contribution in [0.15, 0.2) is 35.2 Å². The quantitative estimate of drug-likeness (QED) is 0.471. The third kappa shape index (κ3) is 5.02. The highest BCUT2D eigenvalue weighted by molar-refractivity contribution is 8.26. The van der Waals surface area contributed by atoms with Crippen LogP contribution >= 0.6 is 47.2 Å². The van der Waals surface area contributed by atoms with Gasteiger partial charge in [0.2, 0.25) is 0 Å². The number of ether oxygens (including phenoxy) is 2. The highest BCUT2D eigenvalue weighted by Crippen LogP contribution is 2.41. The molecule has 0 unspecified atom stereocenters. The maximum atomic E-state index is 12.1. The molecule has 1 heterocycles. The number of thiocarbonyl (C=S) groups is 1. The Balaban J connectivity index is 2.19. The summed E-state index contributed by atoms with van der Waals surface area (Å²) in [7, 11) is 1.43. The number of nitrogens with one attached hydrogen (secondary N) is 1. The Labute approximate surface area is 185 Å². The molecular weight excluding hydrogens is 457 g/mol. The third-order valence-corrected chi connectivity index (χ3v) is 5.54. The summed E-state index contributed by atoms with van der Waals surface area (Å²) in [5, 5.41) is 12.5. The van der Waals surface area contributed by atoms with E-state index >= 15 is 0 Å². The number of halogens is 2. The molecule has 1 fully saturated rings. The molecule has 0 aromatic heterocycles. The van der Waals surface area contributed by atoms with Gasteiger partial charge in [-0.15, -0.1) is 0 Å². The third-order valence-electron chi connectivity index (χ3n) is 3.81. The molecule has 150 valence electrons. The summed E-state index contributed by atoms with van der Waals surface area (Å²) in [6.45, 7) is -0.582. The number of rotatable bonds is 6. The van der Waals surface area contributed by atoms with Crippen LogP contribution in [0.3, 0.4) is 0 Å². The van der Waals surface area contributed by atoms with Gasteiger partial charge in [-0.05, 0) is 42.0 Å². The Kier molecular flexibility index (Phi) is 6.69. The summed E-state index contributed by atoms with van der Waals surface area (Å²) < 4.78 is 11.2. The van der Waals surface area contributed by atoms with Crippen molar-refractivity contribution >= 4 is 69.5 Å². The van der Waals surface area contributed by atoms with Crippen molar-refractivity contribution in [2.45, 2.75) is 0 Å². The van der Waals surface area contributed by atoms with Gasteiger partial charge in [-0.2, -0.15) is 0 Å². The van der Waals surface area contributed by atoms with Gasteiger partial charge in [0.1, 0.15) is 4.32 Å². The molecule has 2 N–H and O–H groups in total. The van der Waals surface area contributed by atoms with Crippen molar-refractivity contribution in [3.8, 4) is 22.6 Å². The fraction of sp³-hybridized carbons (Fsp3) is 0.105. The molecule has 0 spiro atoms. The van der Waals surface area contributed by atoms with E-state index in [1.165, 1.54) is 7.11 Å². The van der Waals surface area contributed by atoms with Crippen molar-refractivity contribution in [2.75, 3.05) is 13.7 Å². The van der Waals surface area contributed by atoms with Gasteiger partial charge in [-0.3, -0.25) is 4.79 Å². The van der Waals surface area contributed by atoms with Gasteiger partial charge in [0, 0.05) is 21.2 Å². The molecule has 1 saturated heterocycles. The van der Waals surface area contributed by atoms with Crippen molar-refractivity contribution in [1.82, 2.24) is 5.32 Å². The van der Waals surface area contributed by atoms with Crippen molar-refractivity contribution in [1.29, 1.82) is 0 Å². The topological polar surface area (TPSA) is 84.9 Å². The Morgan fingerprint density at radius 3 is 2.69 bits per heavy atom. The Bertz CT molecular complexity index is 1060. The fourth-order valence-corrected chi connectivity index (χ4v) is 4.04. The molecule has 2 aromatic carbocycles. The number of carbonyl (C=O) groups excluding carboxylic acids is 1. The summed E-state index contributed by atoms with van der Waals surface area (Å²) >= 11 is 18.5. The highest BCUT2D eigenvalue weighted by atomic mass is 35.5. The van der Waals surface area contributed by atoms with Crippen molar-refractivity contribution in [3.63, 3.8) is 0 Å². The van der Waals surface area contributed by atoms with Crippen LogP contribution in [0.1, 0.15) is 5.56 Å². The Hall–Kier alpha value is -2.26. The van der Waals surface area contributed by atoms with E-state index in [2.05, 4.69) is 5.32 Å². The normalized spacial score (nSPS) is 14.8. The minimum absolute atomic E-state index is 0.176. The molecule has 2 aromatic rings. The molecule has 0 atom stereocenters. The number of carbonyl (C=O) groups is 2. The van der Waals surface area contributed by atoms with Crippen LogP contribution in [0.4, 0.5) is 0 Å². The molecule has 0 aliphatic carbocycles. The number of thioether (sulfide) groups is 1. The minimum atomic E-state index is -1.15. The van der Waals surface area contributed by atoms with E-state index in [0.29, 0.717) is 36.0 Å². The maximum Gasteiger partial charge on any atom is 0.341 e. The Morgan fingerprint density at radius 2 is 2.07 bits per heavy atom. The average Bonchev–Trinajstić information content (AvgIpc) is 2.98. The lowest BCUT2D eigenvalue weighted by Gasteiger charge is -2.16. The Morgan fingerprint density at radius 1 is 1.31 bits per heavy atom. The summed E-state index contributed by atoms with van der Waals surface area (Å²) in [5.74, 6) is -1.05. The van der Waals surface area contributed by atoms with E-state index in [1.54, 1.807) is 36.4 Å². The second-order valence-electron chi connectivity index (χ2n) is 5.76. The zero-order chi connectivity index (χ0) is 21.1. The van der Waals surface area contributed by atoms with Crippen molar-refractivity contribution in [2.24, 2.45) is 0 Å². The molecule has 0 radical (unpaired) electrons. The second-order valence-corrected chi connectivity index (χ2v) is 8.32. The molecular formula is C19H13Cl2NO5S2. The largest absolute Gasteiger partial charge is 0.493 e. The number of aliphatic carboxylic acids is 1. The van der Waals surface area contributed by atoms with E-state index in [1.807, 2.05) is 0 Å². The van der Waals surface area contributed by atoms with Crippen LogP contribution in [0, 0.1) is 0 Å². The molecule has 0 saturated carbocycles. The van der Waals surface area contributed by atoms with E-state index < -0.39 is 12.6 Å². The van der Waals surface area contributed by atoms with Crippen molar-refractivity contribution < 1.29 is 24.2 Å². The van der Waals surface area contributed by atoms with Gasteiger partial charge in [-0.25, -0.2) is 4.79 Å². The number of hydrogen-bond acceptors (Lipinski definition) is 6. The van der Waals surface area contributed by atoms with Gasteiger partial charge < -0.3 is 19.9 Å². The monoisotopic (exact) mass is 469 g/mol. The first kappa shape index (κ1) is 21.4. The molecule has 1 amide bonds. The van der Waals surface area contributed by atoms with Crippen LogP contribution in [0.2, 0.25) is 10.0 Å². The zero-order valence-corrected chi connectivity index (χ0v) is 18.0. The van der Waals surface area contributed by atoms with Crippen LogP contribution in [-0.2, 0) is 9.59 Å². The molecule has 1 aliphatic rings. The number of amides is 1. The number of carboxylic acids is 1. The first-order valence-electron chi connectivity index (χ1n) is 8.05. The summed E-state index contributed by atoms with van der Waals surface area (Å²) in [5.41, 5.74) is 1.72. The predicted molar refractivity (Wildman–Crippen MR) is 118 cm³/mol. The molecule has 0 bridgehead atoms. The molecule has 1 aliphatic heterocycles. The highest BCUT2D eigenvalue weighted by Gasteiger charge is 2.24. The zero-order valence-electron chi connectivity index (χ0n) is 14.8. The lowest BCUT2D eigenvalue weighted by atomic mass is 10.0. The van der Waals surface area contributed by atoms with Crippen LogP contribution in [-0.4, -0.2) is 35.0 Å². The van der Waals surface area contributed by atoms with Gasteiger partial charge in [-0.1, -0.05) is 47.2 Å². The summed E-state index contributed by atoms with van der Waals surface area (Å²) in [6, 6.07) is 8.39. The van der Waals surface area contributed by atoms with E-state index in [9.17, 15) is 9.59 Å². The molecule has 3 rings (SSSR count). The first-order chi connectivity index (χ1) is 13.8. The van der Waals surface area contributed by atoms with Gasteiger partial charge in [0.05, 0.1) is 12.0 Å². The number of carboxylic acid groups (broad SMARTS) is 1. The van der Waals surface area contributed by atoms with E-state index in [-0.39, 0.29) is 17.4 Å². The minimum Gasteiger partial charge on any atom is -0.493 e. The number of methoxy groups -OCH3 is 1. The predicted octanol–water partition coefficient (Wildman–Crippen LogP) is 4.62. The lowest BCUT2D eigenvalue weighted by Crippen LogP contribution is -2.17. The second kappa shape index (κ2) is 9.04. The summed E-state index contributed by atoms with van der Waals surface area (Å²) in [4.78, 5) is 23.4. The number of benzene rings is 2. The molecule has 6 nitrogen and oxygen atoms in total.